The fraction of sp³-hybridized carbons (Fsp3) is 0.956. The van der Waals surface area contributed by atoms with E-state index in [4.69, 9.17) is 0 Å². The largest absolute Gasteiger partial charge is 0.395 e. The van der Waals surface area contributed by atoms with Gasteiger partial charge in [-0.3, -0.25) is 14.5 Å². The highest BCUT2D eigenvalue weighted by Crippen LogP contribution is 2.14. The molecule has 0 rings (SSSR count). The average molecular weight is 753 g/mol. The lowest BCUT2D eigenvalue weighted by Crippen LogP contribution is -2.37. The minimum absolute atomic E-state index is 0.0721. The minimum atomic E-state index is 0.0721. The van der Waals surface area contributed by atoms with Gasteiger partial charge in [0.05, 0.1) is 13.2 Å². The number of rotatable bonds is 44. The third-order valence-electron chi connectivity index (χ3n) is 10.8. The van der Waals surface area contributed by atoms with Crippen LogP contribution in [0.2, 0.25) is 0 Å². The van der Waals surface area contributed by atoms with Gasteiger partial charge in [0.1, 0.15) is 0 Å². The Bertz CT molecular complexity index is 700. The number of carbonyl (C=O) groups excluding carboxylic acids is 2. The molecule has 0 spiro atoms. The van der Waals surface area contributed by atoms with Crippen molar-refractivity contribution in [3.63, 3.8) is 0 Å². The number of hydrogen-bond acceptors (Lipinski definition) is 6. The lowest BCUT2D eigenvalue weighted by molar-refractivity contribution is -0.121. The number of nitrogens with one attached hydrogen (secondary N) is 2. The van der Waals surface area contributed by atoms with Crippen molar-refractivity contribution in [2.45, 2.75) is 213 Å². The second-order valence-corrected chi connectivity index (χ2v) is 15.9. The molecule has 0 aliphatic rings. The number of hydrogen-bond donors (Lipinski definition) is 4. The lowest BCUT2D eigenvalue weighted by atomic mass is 10.0. The van der Waals surface area contributed by atoms with Gasteiger partial charge in [-0.2, -0.15) is 0 Å². The summed E-state index contributed by atoms with van der Waals surface area (Å²) >= 11 is 0. The van der Waals surface area contributed by atoms with Crippen molar-refractivity contribution in [2.75, 3.05) is 65.6 Å². The zero-order valence-electron chi connectivity index (χ0n) is 35.6. The molecule has 0 aromatic carbocycles. The van der Waals surface area contributed by atoms with E-state index in [9.17, 15) is 19.8 Å². The summed E-state index contributed by atoms with van der Waals surface area (Å²) in [7, 11) is 0. The second kappa shape index (κ2) is 43.5. The van der Waals surface area contributed by atoms with Crippen LogP contribution in [0, 0.1) is 0 Å². The monoisotopic (exact) mass is 753 g/mol. The van der Waals surface area contributed by atoms with Gasteiger partial charge in [-0.15, -0.1) is 0 Å². The van der Waals surface area contributed by atoms with Crippen LogP contribution in [-0.4, -0.2) is 97.4 Å². The van der Waals surface area contributed by atoms with E-state index in [0.29, 0.717) is 39.0 Å². The Balaban J connectivity index is 4.12. The van der Waals surface area contributed by atoms with E-state index in [1.165, 1.54) is 167 Å². The minimum Gasteiger partial charge on any atom is -0.395 e. The smallest absolute Gasteiger partial charge is 0.221 e. The number of aliphatic hydroxyl groups is 2. The highest BCUT2D eigenvalue weighted by atomic mass is 16.3. The van der Waals surface area contributed by atoms with Gasteiger partial charge in [0.25, 0.3) is 0 Å². The van der Waals surface area contributed by atoms with Crippen molar-refractivity contribution in [3.05, 3.63) is 0 Å². The molecule has 4 N–H and O–H groups in total. The van der Waals surface area contributed by atoms with Gasteiger partial charge >= 0.3 is 0 Å². The van der Waals surface area contributed by atoms with Crippen molar-refractivity contribution in [1.29, 1.82) is 0 Å². The quantitative estimate of drug-likeness (QED) is 0.0462. The van der Waals surface area contributed by atoms with Gasteiger partial charge in [-0.1, -0.05) is 181 Å². The molecule has 0 atom stereocenters. The van der Waals surface area contributed by atoms with Gasteiger partial charge < -0.3 is 25.7 Å². The number of nitrogens with zero attached hydrogens (tertiary/aromatic N) is 2. The van der Waals surface area contributed by atoms with Crippen LogP contribution < -0.4 is 10.6 Å². The predicted octanol–water partition coefficient (Wildman–Crippen LogP) is 9.94. The van der Waals surface area contributed by atoms with Crippen LogP contribution in [0.3, 0.4) is 0 Å². The molecule has 0 saturated heterocycles. The first kappa shape index (κ1) is 51.8. The zero-order valence-corrected chi connectivity index (χ0v) is 35.6. The zero-order chi connectivity index (χ0) is 38.7. The summed E-state index contributed by atoms with van der Waals surface area (Å²) in [5.41, 5.74) is 0. The Kier molecular flexibility index (Phi) is 42.5. The first-order valence-corrected chi connectivity index (χ1v) is 23.3. The standard InChI is InChI=1S/C45H92N4O4/c1-3-5-7-9-11-13-15-17-19-21-23-25-27-29-34-46-44(52)32-38-48(36-31-37-49(40-42-50)41-43-51)39-33-45(53)47-35-30-28-26-24-22-20-18-16-14-12-10-8-6-4-2/h50-51H,3-43H2,1-2H3,(H,46,52)(H,47,53). The van der Waals surface area contributed by atoms with E-state index >= 15 is 0 Å². The number of carbonyl (C=O) groups is 2. The van der Waals surface area contributed by atoms with Crippen LogP contribution in [0.1, 0.15) is 213 Å². The molecule has 8 nitrogen and oxygen atoms in total. The molecule has 316 valence electrons. The summed E-state index contributed by atoms with van der Waals surface area (Å²) in [6.07, 6.45) is 39.0. The summed E-state index contributed by atoms with van der Waals surface area (Å²) in [5, 5.41) is 24.9. The van der Waals surface area contributed by atoms with Crippen molar-refractivity contribution >= 4 is 11.8 Å². The van der Waals surface area contributed by atoms with Crippen LogP contribution in [0.5, 0.6) is 0 Å². The van der Waals surface area contributed by atoms with Gasteiger partial charge in [-0.25, -0.2) is 0 Å². The fourth-order valence-electron chi connectivity index (χ4n) is 7.26. The highest BCUT2D eigenvalue weighted by Gasteiger charge is 2.12. The van der Waals surface area contributed by atoms with Crippen LogP contribution >= 0.6 is 0 Å². The van der Waals surface area contributed by atoms with E-state index < -0.39 is 0 Å². The van der Waals surface area contributed by atoms with E-state index in [1.54, 1.807) is 0 Å². The van der Waals surface area contributed by atoms with Crippen molar-refractivity contribution in [1.82, 2.24) is 20.4 Å². The van der Waals surface area contributed by atoms with Crippen LogP contribution in [0.15, 0.2) is 0 Å². The van der Waals surface area contributed by atoms with Crippen LogP contribution in [-0.2, 0) is 9.59 Å². The van der Waals surface area contributed by atoms with Gasteiger partial charge in [0.2, 0.25) is 11.8 Å². The molecule has 0 bridgehead atoms. The van der Waals surface area contributed by atoms with Gasteiger partial charge in [0, 0.05) is 52.1 Å². The number of unbranched alkanes of at least 4 members (excludes halogenated alkanes) is 26. The molecule has 0 aliphatic carbocycles. The summed E-state index contributed by atoms with van der Waals surface area (Å²) in [6, 6.07) is 0. The molecule has 0 heterocycles. The van der Waals surface area contributed by atoms with E-state index in [2.05, 4.69) is 34.3 Å². The van der Waals surface area contributed by atoms with Gasteiger partial charge in [0.15, 0.2) is 0 Å². The fourth-order valence-corrected chi connectivity index (χ4v) is 7.26. The summed E-state index contributed by atoms with van der Waals surface area (Å²) < 4.78 is 0. The predicted molar refractivity (Wildman–Crippen MR) is 228 cm³/mol. The summed E-state index contributed by atoms with van der Waals surface area (Å²) in [6.45, 7) is 10.1. The molecule has 0 unspecified atom stereocenters. The maximum Gasteiger partial charge on any atom is 0.221 e. The SMILES string of the molecule is CCCCCCCCCCCCCCCCNC(=O)CCN(CCCN(CCO)CCO)CCC(=O)NCCCCCCCCCCCCCCCC. The second-order valence-electron chi connectivity index (χ2n) is 15.9. The molecule has 53 heavy (non-hydrogen) atoms. The van der Waals surface area contributed by atoms with Gasteiger partial charge in [-0.05, 0) is 32.4 Å². The normalized spacial score (nSPS) is 11.6. The molecule has 0 aliphatic heterocycles. The van der Waals surface area contributed by atoms with E-state index in [1.807, 2.05) is 0 Å². The summed E-state index contributed by atoms with van der Waals surface area (Å²) in [4.78, 5) is 29.6. The first-order valence-electron chi connectivity index (χ1n) is 23.3. The Labute approximate surface area is 329 Å². The first-order chi connectivity index (χ1) is 26.1. The number of aliphatic hydroxyl groups excluding tert-OH is 2. The summed E-state index contributed by atoms with van der Waals surface area (Å²) in [5.74, 6) is 0.184. The van der Waals surface area contributed by atoms with E-state index in [-0.39, 0.29) is 25.0 Å². The Morgan fingerprint density at radius 3 is 0.906 bits per heavy atom. The third-order valence-corrected chi connectivity index (χ3v) is 10.8. The molecule has 0 fully saturated rings. The maximum absolute atomic E-state index is 12.7. The molecule has 0 radical (unpaired) electrons. The Hall–Kier alpha value is -1.22. The molecule has 0 saturated carbocycles. The Morgan fingerprint density at radius 1 is 0.358 bits per heavy atom. The lowest BCUT2D eigenvalue weighted by Gasteiger charge is -2.25. The highest BCUT2D eigenvalue weighted by molar-refractivity contribution is 5.76. The van der Waals surface area contributed by atoms with Crippen LogP contribution in [0.25, 0.3) is 0 Å². The Morgan fingerprint density at radius 2 is 0.623 bits per heavy atom. The van der Waals surface area contributed by atoms with E-state index in [0.717, 1.165) is 45.4 Å². The molecule has 2 amide bonds. The topological polar surface area (TPSA) is 105 Å². The molecule has 0 aromatic rings. The van der Waals surface area contributed by atoms with Crippen molar-refractivity contribution in [3.8, 4) is 0 Å². The molecule has 0 aromatic heterocycles. The maximum atomic E-state index is 12.7. The van der Waals surface area contributed by atoms with Crippen LogP contribution in [0.4, 0.5) is 0 Å². The molecular formula is C45H92N4O4. The van der Waals surface area contributed by atoms with Crippen molar-refractivity contribution < 1.29 is 19.8 Å². The molecule has 8 heteroatoms. The van der Waals surface area contributed by atoms with Crippen molar-refractivity contribution in [2.24, 2.45) is 0 Å². The molecular weight excluding hydrogens is 661 g/mol. The third kappa shape index (κ3) is 40.3. The number of amides is 2. The average Bonchev–Trinajstić information content (AvgIpc) is 3.15.